The van der Waals surface area contributed by atoms with Gasteiger partial charge < -0.3 is 13.7 Å². The van der Waals surface area contributed by atoms with Crippen LogP contribution < -0.4 is 13.7 Å². The standard InChI is InChI=1S/C18H16F2O5S/c1-23-14-5-7-15(8-6-14)25-26(21,22)17-9-3-12-10-16(24-18(19)20)4-2-13(12)11-17/h2,4-8,10-11,18H,3,9H2,1H3. The van der Waals surface area contributed by atoms with Gasteiger partial charge in [0.25, 0.3) is 0 Å². The van der Waals surface area contributed by atoms with Crippen LogP contribution in [-0.2, 0) is 16.5 Å². The first-order chi connectivity index (χ1) is 12.4. The molecule has 2 aromatic carbocycles. The second kappa shape index (κ2) is 7.33. The molecule has 1 aliphatic rings. The summed E-state index contributed by atoms with van der Waals surface area (Å²) in [6.07, 6.45) is 2.08. The fourth-order valence-electron chi connectivity index (χ4n) is 2.63. The largest absolute Gasteiger partial charge is 0.497 e. The van der Waals surface area contributed by atoms with Crippen molar-refractivity contribution in [3.63, 3.8) is 0 Å². The monoisotopic (exact) mass is 382 g/mol. The third kappa shape index (κ3) is 4.13. The van der Waals surface area contributed by atoms with E-state index in [1.54, 1.807) is 18.2 Å². The zero-order valence-corrected chi connectivity index (χ0v) is 14.6. The minimum atomic E-state index is -3.96. The lowest BCUT2D eigenvalue weighted by Gasteiger charge is -2.18. The first-order valence-electron chi connectivity index (χ1n) is 7.74. The zero-order valence-electron chi connectivity index (χ0n) is 13.8. The summed E-state index contributed by atoms with van der Waals surface area (Å²) in [5.41, 5.74) is 1.38. The maximum absolute atomic E-state index is 12.5. The number of allylic oxidation sites excluding steroid dienone is 1. The molecule has 0 amide bonds. The SMILES string of the molecule is COc1ccc(OS(=O)(=O)C2=Cc3ccc(OC(F)F)cc3CC2)cc1. The Bertz CT molecular complexity index is 921. The van der Waals surface area contributed by atoms with Crippen molar-refractivity contribution in [1.29, 1.82) is 0 Å². The molecule has 26 heavy (non-hydrogen) atoms. The second-order valence-corrected chi connectivity index (χ2v) is 7.16. The quantitative estimate of drug-likeness (QED) is 0.707. The number of methoxy groups -OCH3 is 1. The predicted octanol–water partition coefficient (Wildman–Crippen LogP) is 3.99. The molecule has 0 spiro atoms. The summed E-state index contributed by atoms with van der Waals surface area (Å²) in [6.45, 7) is -2.90. The van der Waals surface area contributed by atoms with E-state index < -0.39 is 16.7 Å². The third-order valence-corrected chi connectivity index (χ3v) is 5.26. The Morgan fingerprint density at radius 3 is 2.27 bits per heavy atom. The molecule has 1 aliphatic carbocycles. The van der Waals surface area contributed by atoms with E-state index in [1.807, 2.05) is 0 Å². The Morgan fingerprint density at radius 1 is 0.962 bits per heavy atom. The van der Waals surface area contributed by atoms with E-state index >= 15 is 0 Å². The summed E-state index contributed by atoms with van der Waals surface area (Å²) in [6, 6.07) is 10.6. The summed E-state index contributed by atoms with van der Waals surface area (Å²) in [4.78, 5) is 0.128. The molecule has 0 aliphatic heterocycles. The number of hydrogen-bond donors (Lipinski definition) is 0. The van der Waals surface area contributed by atoms with Crippen molar-refractivity contribution in [3.8, 4) is 17.2 Å². The lowest BCUT2D eigenvalue weighted by atomic mass is 9.97. The van der Waals surface area contributed by atoms with Gasteiger partial charge in [-0.15, -0.1) is 0 Å². The van der Waals surface area contributed by atoms with Gasteiger partial charge in [0, 0.05) is 0 Å². The van der Waals surface area contributed by atoms with Crippen molar-refractivity contribution in [3.05, 3.63) is 58.5 Å². The molecular weight excluding hydrogens is 366 g/mol. The molecule has 138 valence electrons. The highest BCUT2D eigenvalue weighted by molar-refractivity contribution is 7.91. The average Bonchev–Trinajstić information content (AvgIpc) is 2.61. The van der Waals surface area contributed by atoms with Gasteiger partial charge in [-0.2, -0.15) is 17.2 Å². The molecule has 0 bridgehead atoms. The van der Waals surface area contributed by atoms with Gasteiger partial charge in [0.05, 0.1) is 12.0 Å². The maximum atomic E-state index is 12.5. The van der Waals surface area contributed by atoms with Gasteiger partial charge in [-0.3, -0.25) is 0 Å². The molecule has 0 saturated heterocycles. The predicted molar refractivity (Wildman–Crippen MR) is 91.9 cm³/mol. The topological polar surface area (TPSA) is 61.8 Å². The first kappa shape index (κ1) is 18.2. The van der Waals surface area contributed by atoms with Crippen molar-refractivity contribution in [2.24, 2.45) is 0 Å². The summed E-state index contributed by atoms with van der Waals surface area (Å²) in [5, 5.41) is 0. The van der Waals surface area contributed by atoms with Crippen LogP contribution in [0.4, 0.5) is 8.78 Å². The Hall–Kier alpha value is -2.61. The van der Waals surface area contributed by atoms with Crippen LogP contribution in [0.3, 0.4) is 0 Å². The number of aryl methyl sites for hydroxylation is 1. The Labute approximate surface area is 149 Å². The van der Waals surface area contributed by atoms with Gasteiger partial charge in [-0.1, -0.05) is 6.07 Å². The molecule has 8 heteroatoms. The lowest BCUT2D eigenvalue weighted by molar-refractivity contribution is -0.0498. The molecule has 5 nitrogen and oxygen atoms in total. The van der Waals surface area contributed by atoms with Crippen LogP contribution in [0.25, 0.3) is 6.08 Å². The van der Waals surface area contributed by atoms with E-state index in [2.05, 4.69) is 4.74 Å². The minimum absolute atomic E-state index is 0.0490. The van der Waals surface area contributed by atoms with E-state index in [9.17, 15) is 17.2 Å². The van der Waals surface area contributed by atoms with Crippen molar-refractivity contribution in [2.45, 2.75) is 19.5 Å². The van der Waals surface area contributed by atoms with Crippen LogP contribution in [0.15, 0.2) is 47.4 Å². The summed E-state index contributed by atoms with van der Waals surface area (Å²) in [7, 11) is -2.45. The highest BCUT2D eigenvalue weighted by Gasteiger charge is 2.24. The van der Waals surface area contributed by atoms with Gasteiger partial charge in [-0.25, -0.2) is 0 Å². The average molecular weight is 382 g/mol. The molecule has 0 unspecified atom stereocenters. The lowest BCUT2D eigenvalue weighted by Crippen LogP contribution is -2.15. The van der Waals surface area contributed by atoms with Crippen molar-refractivity contribution in [1.82, 2.24) is 0 Å². The molecule has 0 radical (unpaired) electrons. The van der Waals surface area contributed by atoms with Gasteiger partial charge in [0.2, 0.25) is 0 Å². The summed E-state index contributed by atoms with van der Waals surface area (Å²) < 4.78 is 64.1. The molecule has 0 fully saturated rings. The zero-order chi connectivity index (χ0) is 18.7. The Morgan fingerprint density at radius 2 is 1.62 bits per heavy atom. The fraction of sp³-hybridized carbons (Fsp3) is 0.222. The number of benzene rings is 2. The van der Waals surface area contributed by atoms with Gasteiger partial charge in [0.15, 0.2) is 0 Å². The van der Waals surface area contributed by atoms with Crippen LogP contribution >= 0.6 is 0 Å². The van der Waals surface area contributed by atoms with Gasteiger partial charge in [0.1, 0.15) is 17.2 Å². The Kier molecular flexibility index (Phi) is 5.13. The summed E-state index contributed by atoms with van der Waals surface area (Å²) >= 11 is 0. The molecule has 3 rings (SSSR count). The second-order valence-electron chi connectivity index (χ2n) is 5.56. The number of fused-ring (bicyclic) bond motifs is 1. The van der Waals surface area contributed by atoms with E-state index in [-0.39, 0.29) is 22.8 Å². The highest BCUT2D eigenvalue weighted by atomic mass is 32.2. The molecule has 0 N–H and O–H groups in total. The van der Waals surface area contributed by atoms with Crippen LogP contribution in [0.5, 0.6) is 17.2 Å². The molecule has 0 heterocycles. The van der Waals surface area contributed by atoms with E-state index in [1.165, 1.54) is 37.5 Å². The number of rotatable bonds is 6. The number of ether oxygens (including phenoxy) is 2. The number of hydrogen-bond acceptors (Lipinski definition) is 5. The normalized spacial score (nSPS) is 13.8. The Balaban J connectivity index is 1.81. The molecule has 0 atom stereocenters. The highest BCUT2D eigenvalue weighted by Crippen LogP contribution is 2.31. The fourth-order valence-corrected chi connectivity index (χ4v) is 3.72. The minimum Gasteiger partial charge on any atom is -0.497 e. The maximum Gasteiger partial charge on any atom is 0.387 e. The molecule has 2 aromatic rings. The third-order valence-electron chi connectivity index (χ3n) is 3.88. The van der Waals surface area contributed by atoms with Crippen molar-refractivity contribution in [2.75, 3.05) is 7.11 Å². The molecule has 0 saturated carbocycles. The number of alkyl halides is 2. The number of halogens is 2. The van der Waals surface area contributed by atoms with Crippen molar-refractivity contribution >= 4 is 16.2 Å². The summed E-state index contributed by atoms with van der Waals surface area (Å²) in [5.74, 6) is 0.813. The van der Waals surface area contributed by atoms with Gasteiger partial charge in [-0.05, 0) is 66.4 Å². The van der Waals surface area contributed by atoms with Crippen LogP contribution in [-0.4, -0.2) is 22.1 Å². The van der Waals surface area contributed by atoms with Crippen molar-refractivity contribution < 1.29 is 30.9 Å². The van der Waals surface area contributed by atoms with Crippen LogP contribution in [0.2, 0.25) is 0 Å². The van der Waals surface area contributed by atoms with E-state index in [0.717, 1.165) is 5.56 Å². The smallest absolute Gasteiger partial charge is 0.387 e. The van der Waals surface area contributed by atoms with Gasteiger partial charge >= 0.3 is 16.7 Å². The van der Waals surface area contributed by atoms with E-state index in [0.29, 0.717) is 17.7 Å². The first-order valence-corrected chi connectivity index (χ1v) is 9.15. The van der Waals surface area contributed by atoms with E-state index in [4.69, 9.17) is 8.92 Å². The van der Waals surface area contributed by atoms with Crippen LogP contribution in [0.1, 0.15) is 17.5 Å². The van der Waals surface area contributed by atoms with Crippen LogP contribution in [0, 0.1) is 0 Å². The molecular formula is C18H16F2O5S. The molecule has 0 aromatic heterocycles.